The molecule has 0 saturated carbocycles. The van der Waals surface area contributed by atoms with Gasteiger partial charge in [-0.25, -0.2) is 4.39 Å². The summed E-state index contributed by atoms with van der Waals surface area (Å²) in [4.78, 5) is 24.5. The molecule has 0 saturated heterocycles. The molecule has 0 bridgehead atoms. The van der Waals surface area contributed by atoms with Gasteiger partial charge in [-0.1, -0.05) is 24.3 Å². The highest BCUT2D eigenvalue weighted by atomic mass is 19.1. The van der Waals surface area contributed by atoms with E-state index in [0.29, 0.717) is 12.1 Å². The Hall–Kier alpha value is -2.17. The van der Waals surface area contributed by atoms with Crippen LogP contribution in [0.4, 0.5) is 4.39 Å². The number of halogens is 1. The Kier molecular flexibility index (Phi) is 6.43. The van der Waals surface area contributed by atoms with Crippen molar-refractivity contribution >= 4 is 11.8 Å². The summed E-state index contributed by atoms with van der Waals surface area (Å²) < 4.78 is 13.6. The predicted octanol–water partition coefficient (Wildman–Crippen LogP) is 1.87. The Morgan fingerprint density at radius 1 is 1.40 bits per heavy atom. The Morgan fingerprint density at radius 3 is 2.70 bits per heavy atom. The van der Waals surface area contributed by atoms with Crippen LogP contribution in [-0.2, 0) is 16.1 Å². The average Bonchev–Trinajstić information content (AvgIpc) is 2.42. The Morgan fingerprint density at radius 2 is 2.10 bits per heavy atom. The van der Waals surface area contributed by atoms with E-state index in [1.54, 1.807) is 24.3 Å². The molecule has 0 radical (unpaired) electrons. The van der Waals surface area contributed by atoms with Gasteiger partial charge in [0.2, 0.25) is 11.8 Å². The minimum atomic E-state index is -0.352. The summed E-state index contributed by atoms with van der Waals surface area (Å²) >= 11 is 0. The SMILES string of the molecule is C=CCNC(=O)CCN(Cc1ccccc1F)C(C)=O. The summed E-state index contributed by atoms with van der Waals surface area (Å²) in [6.07, 6.45) is 1.77. The fourth-order valence-electron chi connectivity index (χ4n) is 1.69. The van der Waals surface area contributed by atoms with Crippen LogP contribution in [0, 0.1) is 5.82 Å². The second kappa shape index (κ2) is 8.09. The molecular formula is C15H19FN2O2. The molecule has 5 heteroatoms. The number of nitrogens with zero attached hydrogens (tertiary/aromatic N) is 1. The van der Waals surface area contributed by atoms with Gasteiger partial charge < -0.3 is 10.2 Å². The van der Waals surface area contributed by atoms with Gasteiger partial charge in [0.1, 0.15) is 5.82 Å². The molecule has 0 aliphatic carbocycles. The third kappa shape index (κ3) is 5.22. The van der Waals surface area contributed by atoms with Crippen LogP contribution in [0.2, 0.25) is 0 Å². The number of hydrogen-bond donors (Lipinski definition) is 1. The van der Waals surface area contributed by atoms with Crippen LogP contribution in [-0.4, -0.2) is 29.8 Å². The zero-order chi connectivity index (χ0) is 15.0. The molecule has 4 nitrogen and oxygen atoms in total. The van der Waals surface area contributed by atoms with Crippen molar-refractivity contribution in [2.75, 3.05) is 13.1 Å². The van der Waals surface area contributed by atoms with Crippen molar-refractivity contribution in [2.24, 2.45) is 0 Å². The number of amides is 2. The van der Waals surface area contributed by atoms with Crippen molar-refractivity contribution in [3.05, 3.63) is 48.3 Å². The first-order chi connectivity index (χ1) is 9.54. The maximum absolute atomic E-state index is 13.6. The molecule has 0 fully saturated rings. The lowest BCUT2D eigenvalue weighted by molar-refractivity contribution is -0.130. The highest BCUT2D eigenvalue weighted by molar-refractivity contribution is 5.78. The number of benzene rings is 1. The van der Waals surface area contributed by atoms with Crippen molar-refractivity contribution in [3.63, 3.8) is 0 Å². The normalized spacial score (nSPS) is 9.90. The quantitative estimate of drug-likeness (QED) is 0.774. The summed E-state index contributed by atoms with van der Waals surface area (Å²) in [5.41, 5.74) is 0.439. The van der Waals surface area contributed by atoms with E-state index in [9.17, 15) is 14.0 Å². The summed E-state index contributed by atoms with van der Waals surface area (Å²) in [6.45, 7) is 5.72. The molecule has 108 valence electrons. The lowest BCUT2D eigenvalue weighted by Gasteiger charge is -2.21. The van der Waals surface area contributed by atoms with Gasteiger partial charge in [0.05, 0.1) is 0 Å². The number of hydrogen-bond acceptors (Lipinski definition) is 2. The number of carbonyl (C=O) groups is 2. The second-order valence-electron chi connectivity index (χ2n) is 4.37. The standard InChI is InChI=1S/C15H19FN2O2/c1-3-9-17-15(20)8-10-18(12(2)19)11-13-6-4-5-7-14(13)16/h3-7H,1,8-11H2,2H3,(H,17,20). The van der Waals surface area contributed by atoms with Crippen molar-refractivity contribution < 1.29 is 14.0 Å². The number of rotatable bonds is 7. The lowest BCUT2D eigenvalue weighted by Crippen LogP contribution is -2.33. The molecule has 20 heavy (non-hydrogen) atoms. The largest absolute Gasteiger partial charge is 0.353 e. The van der Waals surface area contributed by atoms with Crippen molar-refractivity contribution in [1.82, 2.24) is 10.2 Å². The zero-order valence-electron chi connectivity index (χ0n) is 11.6. The molecule has 1 N–H and O–H groups in total. The molecule has 1 aromatic rings. The first kappa shape index (κ1) is 15.9. The minimum Gasteiger partial charge on any atom is -0.353 e. The molecule has 0 aliphatic rings. The molecule has 0 aliphatic heterocycles. The highest BCUT2D eigenvalue weighted by Gasteiger charge is 2.13. The molecule has 0 heterocycles. The van der Waals surface area contributed by atoms with Crippen molar-refractivity contribution in [3.8, 4) is 0 Å². The molecule has 0 unspecified atom stereocenters. The van der Waals surface area contributed by atoms with Crippen LogP contribution in [0.5, 0.6) is 0 Å². The van der Waals surface area contributed by atoms with Gasteiger partial charge in [-0.3, -0.25) is 9.59 Å². The maximum Gasteiger partial charge on any atom is 0.222 e. The molecule has 1 aromatic carbocycles. The van der Waals surface area contributed by atoms with Crippen LogP contribution >= 0.6 is 0 Å². The maximum atomic E-state index is 13.6. The fraction of sp³-hybridized carbons (Fsp3) is 0.333. The average molecular weight is 278 g/mol. The number of carbonyl (C=O) groups excluding carboxylic acids is 2. The van der Waals surface area contributed by atoms with Gasteiger partial charge in [-0.2, -0.15) is 0 Å². The van der Waals surface area contributed by atoms with E-state index >= 15 is 0 Å². The summed E-state index contributed by atoms with van der Waals surface area (Å²) in [5, 5.41) is 2.63. The van der Waals surface area contributed by atoms with Gasteiger partial charge in [0, 0.05) is 38.5 Å². The van der Waals surface area contributed by atoms with Crippen LogP contribution in [0.3, 0.4) is 0 Å². The van der Waals surface area contributed by atoms with E-state index in [0.717, 1.165) is 0 Å². The summed E-state index contributed by atoms with van der Waals surface area (Å²) in [6, 6.07) is 6.29. The third-order valence-corrected chi connectivity index (χ3v) is 2.82. The molecular weight excluding hydrogens is 259 g/mol. The molecule has 2 amide bonds. The first-order valence-electron chi connectivity index (χ1n) is 6.41. The van der Waals surface area contributed by atoms with E-state index in [2.05, 4.69) is 11.9 Å². The van der Waals surface area contributed by atoms with E-state index in [4.69, 9.17) is 0 Å². The van der Waals surface area contributed by atoms with E-state index in [-0.39, 0.29) is 37.1 Å². The van der Waals surface area contributed by atoms with Crippen LogP contribution in [0.1, 0.15) is 18.9 Å². The zero-order valence-corrected chi connectivity index (χ0v) is 11.6. The summed E-state index contributed by atoms with van der Waals surface area (Å²) in [7, 11) is 0. The van der Waals surface area contributed by atoms with Crippen LogP contribution in [0.25, 0.3) is 0 Å². The monoisotopic (exact) mass is 278 g/mol. The number of nitrogens with one attached hydrogen (secondary N) is 1. The molecule has 0 atom stereocenters. The van der Waals surface area contributed by atoms with E-state index in [1.807, 2.05) is 0 Å². The van der Waals surface area contributed by atoms with Gasteiger partial charge in [-0.15, -0.1) is 6.58 Å². The minimum absolute atomic E-state index is 0.162. The van der Waals surface area contributed by atoms with Gasteiger partial charge in [-0.05, 0) is 6.07 Å². The van der Waals surface area contributed by atoms with Gasteiger partial charge in [0.25, 0.3) is 0 Å². The smallest absolute Gasteiger partial charge is 0.222 e. The van der Waals surface area contributed by atoms with Crippen LogP contribution in [0.15, 0.2) is 36.9 Å². The first-order valence-corrected chi connectivity index (χ1v) is 6.41. The van der Waals surface area contributed by atoms with Crippen molar-refractivity contribution in [2.45, 2.75) is 19.9 Å². The highest BCUT2D eigenvalue weighted by Crippen LogP contribution is 2.10. The predicted molar refractivity (Wildman–Crippen MR) is 75.3 cm³/mol. The Labute approximate surface area is 118 Å². The molecule has 0 aromatic heterocycles. The fourth-order valence-corrected chi connectivity index (χ4v) is 1.69. The third-order valence-electron chi connectivity index (χ3n) is 2.82. The molecule has 0 spiro atoms. The van der Waals surface area contributed by atoms with Gasteiger partial charge in [0.15, 0.2) is 0 Å². The van der Waals surface area contributed by atoms with Crippen molar-refractivity contribution in [1.29, 1.82) is 0 Å². The Bertz CT molecular complexity index is 489. The van der Waals surface area contributed by atoms with E-state index in [1.165, 1.54) is 17.9 Å². The van der Waals surface area contributed by atoms with Gasteiger partial charge >= 0.3 is 0 Å². The Balaban J connectivity index is 2.57. The van der Waals surface area contributed by atoms with E-state index < -0.39 is 0 Å². The topological polar surface area (TPSA) is 49.4 Å². The summed E-state index contributed by atoms with van der Waals surface area (Å²) in [5.74, 6) is -0.704. The molecule has 1 rings (SSSR count). The van der Waals surface area contributed by atoms with Crippen LogP contribution < -0.4 is 5.32 Å². The lowest BCUT2D eigenvalue weighted by atomic mass is 10.2. The second-order valence-corrected chi connectivity index (χ2v) is 4.37.